The molecule has 0 spiro atoms. The Morgan fingerprint density at radius 1 is 1.10 bits per heavy atom. The van der Waals surface area contributed by atoms with Gasteiger partial charge in [-0.25, -0.2) is 0 Å². The van der Waals surface area contributed by atoms with Crippen LogP contribution in [0.25, 0.3) is 0 Å². The van der Waals surface area contributed by atoms with Crippen LogP contribution in [-0.2, 0) is 4.79 Å². The molecule has 3 atom stereocenters. The minimum absolute atomic E-state index is 0.357. The van der Waals surface area contributed by atoms with Crippen molar-refractivity contribution in [3.8, 4) is 0 Å². The molecule has 114 valence electrons. The van der Waals surface area contributed by atoms with E-state index in [1.807, 2.05) is 0 Å². The molecule has 0 aromatic heterocycles. The Balaban J connectivity index is 1.65. The van der Waals surface area contributed by atoms with Gasteiger partial charge in [0, 0.05) is 24.5 Å². The summed E-state index contributed by atoms with van der Waals surface area (Å²) in [6.45, 7) is 3.14. The Morgan fingerprint density at radius 3 is 2.40 bits per heavy atom. The topological polar surface area (TPSA) is 46.3 Å². The van der Waals surface area contributed by atoms with Crippen molar-refractivity contribution in [3.63, 3.8) is 0 Å². The lowest BCUT2D eigenvalue weighted by atomic mass is 9.85. The number of carbonyl (C=O) groups is 1. The molecule has 0 radical (unpaired) electrons. The lowest BCUT2D eigenvalue weighted by molar-refractivity contribution is -0.140. The first-order valence-electron chi connectivity index (χ1n) is 8.75. The van der Waals surface area contributed by atoms with Crippen LogP contribution in [0.1, 0.15) is 64.7 Å². The van der Waals surface area contributed by atoms with E-state index in [0.29, 0.717) is 29.8 Å². The first-order valence-corrected chi connectivity index (χ1v) is 8.75. The van der Waals surface area contributed by atoms with E-state index < -0.39 is 0 Å². The normalized spacial score (nSPS) is 40.0. The van der Waals surface area contributed by atoms with Gasteiger partial charge in [-0.3, -0.25) is 4.79 Å². The third kappa shape index (κ3) is 2.74. The van der Waals surface area contributed by atoms with Gasteiger partial charge in [-0.05, 0) is 63.2 Å². The molecule has 20 heavy (non-hydrogen) atoms. The quantitative estimate of drug-likeness (QED) is 0.859. The molecule has 3 fully saturated rings. The molecule has 1 amide bonds. The minimum atomic E-state index is 0.357. The van der Waals surface area contributed by atoms with Crippen LogP contribution in [0, 0.1) is 17.8 Å². The summed E-state index contributed by atoms with van der Waals surface area (Å²) in [4.78, 5) is 15.2. The summed E-state index contributed by atoms with van der Waals surface area (Å²) in [5, 5.41) is 0. The first kappa shape index (κ1) is 14.4. The van der Waals surface area contributed by atoms with Crippen LogP contribution in [0.4, 0.5) is 0 Å². The molecule has 0 aromatic carbocycles. The van der Waals surface area contributed by atoms with Gasteiger partial charge in [0.1, 0.15) is 0 Å². The molecular formula is C17H30N2O. The predicted molar refractivity (Wildman–Crippen MR) is 81.2 cm³/mol. The van der Waals surface area contributed by atoms with Gasteiger partial charge < -0.3 is 10.6 Å². The van der Waals surface area contributed by atoms with Crippen LogP contribution < -0.4 is 5.73 Å². The van der Waals surface area contributed by atoms with Crippen molar-refractivity contribution in [2.75, 3.05) is 6.54 Å². The Labute approximate surface area is 123 Å². The van der Waals surface area contributed by atoms with Gasteiger partial charge in [-0.15, -0.1) is 0 Å². The van der Waals surface area contributed by atoms with Gasteiger partial charge in [0.05, 0.1) is 0 Å². The van der Waals surface area contributed by atoms with Crippen LogP contribution in [0.2, 0.25) is 0 Å². The number of hydrogen-bond donors (Lipinski definition) is 1. The second-order valence-corrected chi connectivity index (χ2v) is 7.38. The highest BCUT2D eigenvalue weighted by Crippen LogP contribution is 2.49. The molecule has 3 rings (SSSR count). The number of nitrogens with two attached hydrogens (primary N) is 1. The number of fused-ring (bicyclic) bond motifs is 2. The number of carbonyl (C=O) groups excluding carboxylic acids is 1. The monoisotopic (exact) mass is 278 g/mol. The Bertz CT molecular complexity index is 349. The highest BCUT2D eigenvalue weighted by Gasteiger charge is 2.45. The summed E-state index contributed by atoms with van der Waals surface area (Å²) in [5.74, 6) is 2.41. The Morgan fingerprint density at radius 2 is 1.85 bits per heavy atom. The summed E-state index contributed by atoms with van der Waals surface area (Å²) >= 11 is 0. The van der Waals surface area contributed by atoms with Crippen molar-refractivity contribution in [1.82, 2.24) is 4.90 Å². The van der Waals surface area contributed by atoms with E-state index in [9.17, 15) is 4.79 Å². The molecule has 0 heterocycles. The van der Waals surface area contributed by atoms with Crippen molar-refractivity contribution in [3.05, 3.63) is 0 Å². The third-order valence-corrected chi connectivity index (χ3v) is 5.99. The smallest absolute Gasteiger partial charge is 0.226 e. The van der Waals surface area contributed by atoms with Gasteiger partial charge in [0.25, 0.3) is 0 Å². The largest absolute Gasteiger partial charge is 0.339 e. The maximum absolute atomic E-state index is 13.0. The van der Waals surface area contributed by atoms with Gasteiger partial charge in [-0.2, -0.15) is 0 Å². The van der Waals surface area contributed by atoms with Crippen LogP contribution in [-0.4, -0.2) is 29.4 Å². The highest BCUT2D eigenvalue weighted by atomic mass is 16.2. The number of hydrogen-bond acceptors (Lipinski definition) is 2. The Kier molecular flexibility index (Phi) is 4.34. The van der Waals surface area contributed by atoms with Gasteiger partial charge in [-0.1, -0.05) is 13.3 Å². The summed E-state index contributed by atoms with van der Waals surface area (Å²) in [5.41, 5.74) is 6.02. The van der Waals surface area contributed by atoms with Gasteiger partial charge in [0.2, 0.25) is 5.91 Å². The maximum Gasteiger partial charge on any atom is 0.226 e. The minimum Gasteiger partial charge on any atom is -0.339 e. The molecule has 3 aliphatic rings. The van der Waals surface area contributed by atoms with E-state index in [1.165, 1.54) is 25.7 Å². The molecule has 3 unspecified atom stereocenters. The molecular weight excluding hydrogens is 248 g/mol. The van der Waals surface area contributed by atoms with E-state index >= 15 is 0 Å². The van der Waals surface area contributed by atoms with Crippen molar-refractivity contribution < 1.29 is 4.79 Å². The maximum atomic E-state index is 13.0. The highest BCUT2D eigenvalue weighted by molar-refractivity contribution is 5.80. The van der Waals surface area contributed by atoms with Crippen molar-refractivity contribution in [1.29, 1.82) is 0 Å². The summed E-state index contributed by atoms with van der Waals surface area (Å²) in [6.07, 6.45) is 10.7. The van der Waals surface area contributed by atoms with Gasteiger partial charge in [0.15, 0.2) is 0 Å². The second kappa shape index (κ2) is 6.05. The number of nitrogens with zero attached hydrogens (tertiary/aromatic N) is 1. The predicted octanol–water partition coefficient (Wildman–Crippen LogP) is 2.93. The average Bonchev–Trinajstić information content (AvgIpc) is 3.08. The molecule has 2 bridgehead atoms. The van der Waals surface area contributed by atoms with Gasteiger partial charge >= 0.3 is 0 Å². The van der Waals surface area contributed by atoms with Crippen LogP contribution in [0.3, 0.4) is 0 Å². The van der Waals surface area contributed by atoms with E-state index in [-0.39, 0.29) is 0 Å². The number of amides is 1. The van der Waals surface area contributed by atoms with E-state index in [4.69, 9.17) is 5.73 Å². The zero-order valence-corrected chi connectivity index (χ0v) is 12.9. The first-order chi connectivity index (χ1) is 9.69. The molecule has 3 nitrogen and oxygen atoms in total. The average molecular weight is 278 g/mol. The van der Waals surface area contributed by atoms with Crippen molar-refractivity contribution >= 4 is 5.91 Å². The zero-order chi connectivity index (χ0) is 14.1. The number of rotatable bonds is 4. The van der Waals surface area contributed by atoms with Crippen molar-refractivity contribution in [2.45, 2.75) is 76.8 Å². The van der Waals surface area contributed by atoms with E-state index in [1.54, 1.807) is 0 Å². The SMILES string of the molecule is CCCN(C(=O)C1CC2CCC1C2)C1CCC(N)CC1. The molecule has 0 aromatic rings. The molecule has 3 saturated carbocycles. The summed E-state index contributed by atoms with van der Waals surface area (Å²) in [7, 11) is 0. The fourth-order valence-electron chi connectivity index (χ4n) is 4.89. The summed E-state index contributed by atoms with van der Waals surface area (Å²) < 4.78 is 0. The molecule has 3 heteroatoms. The Hall–Kier alpha value is -0.570. The standard InChI is InChI=1S/C17H30N2O/c1-2-9-19(15-7-5-14(18)6-8-15)17(20)16-11-12-3-4-13(16)10-12/h12-16H,2-11,18H2,1H3. The van der Waals surface area contributed by atoms with Crippen LogP contribution >= 0.6 is 0 Å². The van der Waals surface area contributed by atoms with Crippen LogP contribution in [0.15, 0.2) is 0 Å². The van der Waals surface area contributed by atoms with Crippen molar-refractivity contribution in [2.24, 2.45) is 23.5 Å². The fraction of sp³-hybridized carbons (Fsp3) is 0.941. The zero-order valence-electron chi connectivity index (χ0n) is 12.9. The summed E-state index contributed by atoms with van der Waals surface area (Å²) in [6, 6.07) is 0.841. The molecule has 3 aliphatic carbocycles. The lowest BCUT2D eigenvalue weighted by Gasteiger charge is -2.38. The van der Waals surface area contributed by atoms with Crippen LogP contribution in [0.5, 0.6) is 0 Å². The second-order valence-electron chi connectivity index (χ2n) is 7.38. The fourth-order valence-corrected chi connectivity index (χ4v) is 4.89. The molecule has 0 saturated heterocycles. The van der Waals surface area contributed by atoms with E-state index in [0.717, 1.165) is 44.6 Å². The third-order valence-electron chi connectivity index (χ3n) is 5.99. The molecule has 2 N–H and O–H groups in total. The van der Waals surface area contributed by atoms with E-state index in [2.05, 4.69) is 11.8 Å². The molecule has 0 aliphatic heterocycles. The lowest BCUT2D eigenvalue weighted by Crippen LogP contribution is -2.47.